The van der Waals surface area contributed by atoms with E-state index in [-0.39, 0.29) is 6.42 Å². The van der Waals surface area contributed by atoms with Crippen molar-refractivity contribution in [3.05, 3.63) is 24.3 Å². The zero-order chi connectivity index (χ0) is 12.7. The van der Waals surface area contributed by atoms with E-state index in [2.05, 4.69) is 35.4 Å². The molecule has 0 heterocycles. The molecule has 0 atom stereocenters. The van der Waals surface area contributed by atoms with Gasteiger partial charge in [-0.2, -0.15) is 0 Å². The molecule has 0 bridgehead atoms. The Kier molecular flexibility index (Phi) is 5.91. The second-order valence-corrected chi connectivity index (χ2v) is 4.85. The molecule has 1 N–H and O–H groups in total. The molecule has 0 aromatic heterocycles. The fourth-order valence-electron chi connectivity index (χ4n) is 1.59. The summed E-state index contributed by atoms with van der Waals surface area (Å²) >= 11 is 1.73. The monoisotopic (exact) mass is 253 g/mol. The summed E-state index contributed by atoms with van der Waals surface area (Å²) in [5.41, 5.74) is 1.18. The van der Waals surface area contributed by atoms with E-state index in [9.17, 15) is 4.79 Å². The maximum Gasteiger partial charge on any atom is 0.303 e. The zero-order valence-electron chi connectivity index (χ0n) is 10.3. The highest BCUT2D eigenvalue weighted by atomic mass is 32.2. The van der Waals surface area contributed by atoms with Crippen LogP contribution in [0.3, 0.4) is 0 Å². The Morgan fingerprint density at radius 2 is 1.94 bits per heavy atom. The number of carbonyl (C=O) groups is 1. The minimum atomic E-state index is -0.711. The summed E-state index contributed by atoms with van der Waals surface area (Å²) in [5.74, 6) is -0.711. The lowest BCUT2D eigenvalue weighted by Gasteiger charge is -2.19. The fourth-order valence-corrected chi connectivity index (χ4v) is 2.00. The standard InChI is InChI=1S/C13H19NO2S/c1-14(10-4-3-5-13(15)16)11-6-8-12(17-2)9-7-11/h6-9H,3-5,10H2,1-2H3,(H,15,16). The van der Waals surface area contributed by atoms with Gasteiger partial charge in [-0.05, 0) is 43.4 Å². The molecule has 0 aliphatic rings. The average Bonchev–Trinajstić information content (AvgIpc) is 2.34. The Morgan fingerprint density at radius 1 is 1.29 bits per heavy atom. The second-order valence-electron chi connectivity index (χ2n) is 3.97. The molecule has 0 aliphatic carbocycles. The first-order valence-corrected chi connectivity index (χ1v) is 6.93. The molecule has 0 radical (unpaired) electrons. The number of hydrogen-bond donors (Lipinski definition) is 1. The van der Waals surface area contributed by atoms with E-state index in [0.29, 0.717) is 0 Å². The predicted octanol–water partition coefficient (Wildman–Crippen LogP) is 3.10. The summed E-state index contributed by atoms with van der Waals surface area (Å²) in [5, 5.41) is 8.54. The van der Waals surface area contributed by atoms with E-state index >= 15 is 0 Å². The van der Waals surface area contributed by atoms with Crippen molar-refractivity contribution in [1.29, 1.82) is 0 Å². The van der Waals surface area contributed by atoms with Gasteiger partial charge in [0.25, 0.3) is 0 Å². The normalized spacial score (nSPS) is 10.2. The number of thioether (sulfide) groups is 1. The van der Waals surface area contributed by atoms with Crippen LogP contribution < -0.4 is 4.90 Å². The third kappa shape index (κ3) is 5.13. The molecule has 0 aliphatic heterocycles. The summed E-state index contributed by atoms with van der Waals surface area (Å²) in [6.45, 7) is 0.895. The molecule has 3 nitrogen and oxygen atoms in total. The van der Waals surface area contributed by atoms with Gasteiger partial charge in [0.15, 0.2) is 0 Å². The first-order valence-electron chi connectivity index (χ1n) is 5.70. The minimum Gasteiger partial charge on any atom is -0.481 e. The molecule has 1 rings (SSSR count). The van der Waals surface area contributed by atoms with E-state index in [4.69, 9.17) is 5.11 Å². The van der Waals surface area contributed by atoms with Crippen LogP contribution in [-0.2, 0) is 4.79 Å². The number of hydrogen-bond acceptors (Lipinski definition) is 3. The Hall–Kier alpha value is -1.16. The van der Waals surface area contributed by atoms with Crippen LogP contribution in [0.1, 0.15) is 19.3 Å². The van der Waals surface area contributed by atoms with Gasteiger partial charge in [0, 0.05) is 30.6 Å². The number of carboxylic acid groups (broad SMARTS) is 1. The van der Waals surface area contributed by atoms with Gasteiger partial charge >= 0.3 is 5.97 Å². The molecule has 17 heavy (non-hydrogen) atoms. The van der Waals surface area contributed by atoms with Crippen molar-refractivity contribution in [2.45, 2.75) is 24.2 Å². The molecule has 0 spiro atoms. The van der Waals surface area contributed by atoms with E-state index in [1.807, 2.05) is 7.05 Å². The summed E-state index contributed by atoms with van der Waals surface area (Å²) in [6, 6.07) is 8.41. The number of aliphatic carboxylic acids is 1. The number of anilines is 1. The van der Waals surface area contributed by atoms with Gasteiger partial charge < -0.3 is 10.0 Å². The summed E-state index contributed by atoms with van der Waals surface area (Å²) in [7, 11) is 2.04. The number of benzene rings is 1. The minimum absolute atomic E-state index is 0.263. The maximum atomic E-state index is 10.4. The Morgan fingerprint density at radius 3 is 2.47 bits per heavy atom. The predicted molar refractivity (Wildman–Crippen MR) is 73.0 cm³/mol. The highest BCUT2D eigenvalue weighted by Gasteiger charge is 2.02. The zero-order valence-corrected chi connectivity index (χ0v) is 11.2. The first-order chi connectivity index (χ1) is 8.13. The van der Waals surface area contributed by atoms with Crippen LogP contribution in [0.2, 0.25) is 0 Å². The van der Waals surface area contributed by atoms with Crippen LogP contribution in [0.4, 0.5) is 5.69 Å². The molecule has 0 fully saturated rings. The average molecular weight is 253 g/mol. The summed E-state index contributed by atoms with van der Waals surface area (Å²) in [4.78, 5) is 13.8. The smallest absolute Gasteiger partial charge is 0.303 e. The fraction of sp³-hybridized carbons (Fsp3) is 0.462. The van der Waals surface area contributed by atoms with Gasteiger partial charge in [0.1, 0.15) is 0 Å². The molecule has 0 saturated heterocycles. The van der Waals surface area contributed by atoms with Gasteiger partial charge in [-0.25, -0.2) is 0 Å². The quantitative estimate of drug-likeness (QED) is 0.599. The lowest BCUT2D eigenvalue weighted by atomic mass is 10.2. The molecular weight excluding hydrogens is 234 g/mol. The van der Waals surface area contributed by atoms with Crippen LogP contribution in [0.15, 0.2) is 29.2 Å². The van der Waals surface area contributed by atoms with Crippen LogP contribution >= 0.6 is 11.8 Å². The molecule has 0 unspecified atom stereocenters. The number of carboxylic acids is 1. The van der Waals surface area contributed by atoms with Crippen molar-refractivity contribution in [3.63, 3.8) is 0 Å². The molecule has 1 aromatic carbocycles. The largest absolute Gasteiger partial charge is 0.481 e. The van der Waals surface area contributed by atoms with Crippen molar-refractivity contribution in [2.24, 2.45) is 0 Å². The third-order valence-corrected chi connectivity index (χ3v) is 3.39. The molecule has 4 heteroatoms. The highest BCUT2D eigenvalue weighted by molar-refractivity contribution is 7.98. The third-order valence-electron chi connectivity index (χ3n) is 2.65. The lowest BCUT2D eigenvalue weighted by Crippen LogP contribution is -2.18. The van der Waals surface area contributed by atoms with Gasteiger partial charge in [-0.1, -0.05) is 0 Å². The molecule has 0 saturated carbocycles. The Balaban J connectivity index is 2.35. The molecule has 0 amide bonds. The molecular formula is C13H19NO2S. The van der Waals surface area contributed by atoms with Crippen molar-refractivity contribution in [3.8, 4) is 0 Å². The second kappa shape index (κ2) is 7.22. The van der Waals surface area contributed by atoms with Crippen molar-refractivity contribution < 1.29 is 9.90 Å². The van der Waals surface area contributed by atoms with Crippen LogP contribution in [-0.4, -0.2) is 30.9 Å². The van der Waals surface area contributed by atoms with Crippen molar-refractivity contribution in [1.82, 2.24) is 0 Å². The highest BCUT2D eigenvalue weighted by Crippen LogP contribution is 2.19. The van der Waals surface area contributed by atoms with E-state index in [1.165, 1.54) is 10.6 Å². The summed E-state index contributed by atoms with van der Waals surface area (Å²) < 4.78 is 0. The summed E-state index contributed by atoms with van der Waals surface area (Å²) in [6.07, 6.45) is 3.97. The van der Waals surface area contributed by atoms with Crippen molar-refractivity contribution in [2.75, 3.05) is 24.7 Å². The van der Waals surface area contributed by atoms with E-state index in [0.717, 1.165) is 19.4 Å². The molecule has 94 valence electrons. The molecule has 1 aromatic rings. The number of rotatable bonds is 7. The van der Waals surface area contributed by atoms with Crippen LogP contribution in [0.5, 0.6) is 0 Å². The van der Waals surface area contributed by atoms with Gasteiger partial charge in [-0.15, -0.1) is 11.8 Å². The van der Waals surface area contributed by atoms with E-state index < -0.39 is 5.97 Å². The Labute approximate surface area is 107 Å². The SMILES string of the molecule is CSc1ccc(N(C)CCCCC(=O)O)cc1. The number of nitrogens with zero attached hydrogens (tertiary/aromatic N) is 1. The van der Waals surface area contributed by atoms with Crippen molar-refractivity contribution >= 4 is 23.4 Å². The number of unbranched alkanes of at least 4 members (excludes halogenated alkanes) is 1. The van der Waals surface area contributed by atoms with Gasteiger partial charge in [0.2, 0.25) is 0 Å². The maximum absolute atomic E-state index is 10.4. The van der Waals surface area contributed by atoms with E-state index in [1.54, 1.807) is 11.8 Å². The van der Waals surface area contributed by atoms with Crippen LogP contribution in [0.25, 0.3) is 0 Å². The Bertz CT molecular complexity index is 351. The topological polar surface area (TPSA) is 40.5 Å². The van der Waals surface area contributed by atoms with Crippen LogP contribution in [0, 0.1) is 0 Å². The van der Waals surface area contributed by atoms with Gasteiger partial charge in [0.05, 0.1) is 0 Å². The van der Waals surface area contributed by atoms with Gasteiger partial charge in [-0.3, -0.25) is 4.79 Å². The first kappa shape index (κ1) is 13.9. The lowest BCUT2D eigenvalue weighted by molar-refractivity contribution is -0.137.